The molecule has 0 aromatic carbocycles. The van der Waals surface area contributed by atoms with Gasteiger partial charge < -0.3 is 15.7 Å². The van der Waals surface area contributed by atoms with Crippen LogP contribution in [0.1, 0.15) is 67.1 Å². The number of aromatic nitrogens is 5. The van der Waals surface area contributed by atoms with Gasteiger partial charge in [0.05, 0.1) is 76.8 Å². The highest BCUT2D eigenvalue weighted by Gasteiger charge is 2.28. The van der Waals surface area contributed by atoms with Crippen LogP contribution in [-0.4, -0.2) is 59.8 Å². The minimum absolute atomic E-state index is 0.0721. The van der Waals surface area contributed by atoms with Crippen LogP contribution in [0.3, 0.4) is 0 Å². The predicted molar refractivity (Wildman–Crippen MR) is 153 cm³/mol. The number of anilines is 1. The third-order valence-electron chi connectivity index (χ3n) is 7.62. The van der Waals surface area contributed by atoms with Crippen LogP contribution in [0.2, 0.25) is 0 Å². The molecule has 5 rings (SSSR count). The van der Waals surface area contributed by atoms with E-state index in [0.717, 1.165) is 36.8 Å². The number of hydrogen-bond donors (Lipinski definition) is 3. The van der Waals surface area contributed by atoms with Crippen molar-refractivity contribution in [3.63, 3.8) is 0 Å². The second-order valence-electron chi connectivity index (χ2n) is 11.2. The van der Waals surface area contributed by atoms with E-state index in [-0.39, 0.29) is 24.2 Å². The molecule has 0 aliphatic heterocycles. The predicted octanol–water partition coefficient (Wildman–Crippen LogP) is 3.97. The molecule has 4 aromatic heterocycles. The Bertz CT molecular complexity index is 1670. The molecule has 4 aromatic rings. The summed E-state index contributed by atoms with van der Waals surface area (Å²) in [6.07, 6.45) is 8.68. The lowest BCUT2D eigenvalue weighted by atomic mass is 9.91. The Morgan fingerprint density at radius 3 is 2.67 bits per heavy atom. The average molecular weight is 570 g/mol. The van der Waals surface area contributed by atoms with Crippen LogP contribution in [-0.2, 0) is 6.42 Å². The van der Waals surface area contributed by atoms with Crippen LogP contribution in [0.25, 0.3) is 16.9 Å². The molecule has 1 fully saturated rings. The third-order valence-corrected chi connectivity index (χ3v) is 7.62. The maximum Gasteiger partial charge on any atom is 0.255 e. The van der Waals surface area contributed by atoms with E-state index in [9.17, 15) is 19.6 Å². The summed E-state index contributed by atoms with van der Waals surface area (Å²) in [5.41, 5.74) is 2.56. The van der Waals surface area contributed by atoms with Gasteiger partial charge >= 0.3 is 0 Å². The number of halogens is 1. The molecule has 11 nitrogen and oxygen atoms in total. The molecule has 216 valence electrons. The molecule has 3 N–H and O–H groups in total. The number of rotatable bonds is 9. The maximum atomic E-state index is 14.4. The Balaban J connectivity index is 1.38. The van der Waals surface area contributed by atoms with Gasteiger partial charge in [-0.3, -0.25) is 14.5 Å². The molecule has 0 saturated heterocycles. The van der Waals surface area contributed by atoms with E-state index in [2.05, 4.69) is 38.0 Å². The summed E-state index contributed by atoms with van der Waals surface area (Å²) in [5, 5.41) is 43.0. The number of hydrogen-bond acceptors (Lipinski definition) is 8. The lowest BCUT2D eigenvalue weighted by Gasteiger charge is -2.30. The zero-order valence-electron chi connectivity index (χ0n) is 23.5. The Hall–Kier alpha value is -4.81. The van der Waals surface area contributed by atoms with Crippen molar-refractivity contribution >= 4 is 17.1 Å². The Morgan fingerprint density at radius 1 is 1.17 bits per heavy atom. The number of nitrogens with zero attached hydrogens (tertiary/aromatic N) is 7. The molecule has 12 heteroatoms. The van der Waals surface area contributed by atoms with Gasteiger partial charge in [0.25, 0.3) is 5.91 Å². The van der Waals surface area contributed by atoms with Crippen LogP contribution >= 0.6 is 0 Å². The summed E-state index contributed by atoms with van der Waals surface area (Å²) in [6, 6.07) is 11.7. The van der Waals surface area contributed by atoms with E-state index in [0.29, 0.717) is 29.1 Å². The van der Waals surface area contributed by atoms with Gasteiger partial charge in [-0.1, -0.05) is 0 Å². The third kappa shape index (κ3) is 6.24. The summed E-state index contributed by atoms with van der Waals surface area (Å²) in [5.74, 6) is -0.504. The molecule has 1 aliphatic rings. The van der Waals surface area contributed by atoms with Crippen molar-refractivity contribution in [2.24, 2.45) is 0 Å². The van der Waals surface area contributed by atoms with Crippen LogP contribution in [0.5, 0.6) is 0 Å². The number of nitriles is 2. The number of carbonyl (C=O) groups is 1. The number of carbonyl (C=O) groups excluding carboxylic acids is 1. The first-order valence-electron chi connectivity index (χ1n) is 13.9. The quantitative estimate of drug-likeness (QED) is 0.273. The van der Waals surface area contributed by atoms with E-state index in [1.807, 2.05) is 23.0 Å². The van der Waals surface area contributed by atoms with Gasteiger partial charge in [0, 0.05) is 24.0 Å². The summed E-state index contributed by atoms with van der Waals surface area (Å²) in [6.45, 7) is 2.36. The summed E-state index contributed by atoms with van der Waals surface area (Å²) in [7, 11) is 0. The van der Waals surface area contributed by atoms with E-state index in [1.165, 1.54) is 26.2 Å². The Morgan fingerprint density at radius 2 is 1.95 bits per heavy atom. The largest absolute Gasteiger partial charge is 0.387 e. The van der Waals surface area contributed by atoms with Gasteiger partial charge in [0.1, 0.15) is 12.2 Å². The molecule has 42 heavy (non-hydrogen) atoms. The van der Waals surface area contributed by atoms with E-state index in [4.69, 9.17) is 5.26 Å². The fraction of sp³-hybridized carbons (Fsp3) is 0.400. The normalized spacial score (nSPS) is 17.8. The first-order valence-corrected chi connectivity index (χ1v) is 13.9. The number of pyridine rings is 1. The van der Waals surface area contributed by atoms with E-state index < -0.39 is 17.7 Å². The van der Waals surface area contributed by atoms with Crippen molar-refractivity contribution in [2.75, 3.05) is 11.9 Å². The van der Waals surface area contributed by atoms with Crippen molar-refractivity contribution in [1.82, 2.24) is 29.7 Å². The molecule has 0 bridgehead atoms. The summed E-state index contributed by atoms with van der Waals surface area (Å²) >= 11 is 0. The van der Waals surface area contributed by atoms with Crippen molar-refractivity contribution in [1.29, 1.82) is 10.5 Å². The first kappa shape index (κ1) is 28.7. The molecule has 1 unspecified atom stereocenters. The van der Waals surface area contributed by atoms with Crippen molar-refractivity contribution in [2.45, 2.75) is 69.8 Å². The molecule has 0 spiro atoms. The van der Waals surface area contributed by atoms with Crippen molar-refractivity contribution < 1.29 is 14.3 Å². The topological polar surface area (TPSA) is 157 Å². The first-order chi connectivity index (χ1) is 20.2. The second-order valence-corrected chi connectivity index (χ2v) is 11.2. The molecular formula is C30H32FN9O2. The van der Waals surface area contributed by atoms with E-state index >= 15 is 0 Å². The fourth-order valence-corrected chi connectivity index (χ4v) is 5.14. The highest BCUT2D eigenvalue weighted by molar-refractivity contribution is 6.00. The minimum Gasteiger partial charge on any atom is -0.387 e. The number of fused-ring (bicyclic) bond motifs is 1. The zero-order valence-corrected chi connectivity index (χ0v) is 23.5. The second kappa shape index (κ2) is 12.0. The molecule has 4 heterocycles. The Kier molecular flexibility index (Phi) is 8.18. The SMILES string of the molecule is CC(C)(O)C(F)CNC(=O)c1cnc(-c2ccc3cc(C#N)cnn23)cc1NC1CCC(n2cc(CC#N)cn2)CC1. The van der Waals surface area contributed by atoms with E-state index in [1.54, 1.807) is 22.8 Å². The van der Waals surface area contributed by atoms with Gasteiger partial charge in [0.2, 0.25) is 0 Å². The standard InChI is InChI=1S/C30H32FN9O2/c1-30(2,42)28(31)17-35-29(41)24-16-34-26(27-8-7-23-11-20(13-33)15-37-40(23)27)12-25(24)38-21-3-5-22(6-4-21)39-18-19(9-10-32)14-36-39/h7-8,11-12,14-16,18,21-22,28,42H,3-6,9,17H2,1-2H3,(H,34,38)(H,35,41). The van der Waals surface area contributed by atoms with Crippen molar-refractivity contribution in [3.8, 4) is 23.5 Å². The molecule has 1 aliphatic carbocycles. The fourth-order valence-electron chi connectivity index (χ4n) is 5.14. The lowest BCUT2D eigenvalue weighted by Crippen LogP contribution is -2.42. The highest BCUT2D eigenvalue weighted by Crippen LogP contribution is 2.32. The van der Waals surface area contributed by atoms with Crippen LogP contribution < -0.4 is 10.6 Å². The highest BCUT2D eigenvalue weighted by atomic mass is 19.1. The van der Waals surface area contributed by atoms with Crippen LogP contribution in [0, 0.1) is 22.7 Å². The minimum atomic E-state index is -1.65. The number of amides is 1. The van der Waals surface area contributed by atoms with Gasteiger partial charge in [0.15, 0.2) is 0 Å². The monoisotopic (exact) mass is 569 g/mol. The number of aliphatic hydroxyl groups is 1. The molecule has 1 saturated carbocycles. The summed E-state index contributed by atoms with van der Waals surface area (Å²) < 4.78 is 18.0. The van der Waals surface area contributed by atoms with Crippen molar-refractivity contribution in [3.05, 3.63) is 65.7 Å². The summed E-state index contributed by atoms with van der Waals surface area (Å²) in [4.78, 5) is 17.7. The van der Waals surface area contributed by atoms with Crippen LogP contribution in [0.15, 0.2) is 49.1 Å². The van der Waals surface area contributed by atoms with Gasteiger partial charge in [-0.2, -0.15) is 20.7 Å². The number of nitrogens with one attached hydrogen (secondary N) is 2. The smallest absolute Gasteiger partial charge is 0.255 e. The number of alkyl halides is 1. The molecule has 0 radical (unpaired) electrons. The van der Waals surface area contributed by atoms with Gasteiger partial charge in [-0.05, 0) is 63.8 Å². The van der Waals surface area contributed by atoms with Gasteiger partial charge in [-0.15, -0.1) is 0 Å². The van der Waals surface area contributed by atoms with Gasteiger partial charge in [-0.25, -0.2) is 8.91 Å². The average Bonchev–Trinajstić information content (AvgIpc) is 3.63. The Labute approximate surface area is 242 Å². The lowest BCUT2D eigenvalue weighted by molar-refractivity contribution is -0.00177. The maximum absolute atomic E-state index is 14.4. The van der Waals surface area contributed by atoms with Crippen LogP contribution in [0.4, 0.5) is 10.1 Å². The zero-order chi connectivity index (χ0) is 29.9. The molecule has 1 atom stereocenters. The molecular weight excluding hydrogens is 537 g/mol. The molecule has 1 amide bonds.